The summed E-state index contributed by atoms with van der Waals surface area (Å²) in [5.41, 5.74) is 2.82. The van der Waals surface area contributed by atoms with E-state index in [4.69, 9.17) is 4.52 Å². The van der Waals surface area contributed by atoms with Gasteiger partial charge in [-0.05, 0) is 20.8 Å². The lowest BCUT2D eigenvalue weighted by molar-refractivity contribution is 0.376. The van der Waals surface area contributed by atoms with Crippen LogP contribution >= 0.6 is 0 Å². The van der Waals surface area contributed by atoms with Crippen molar-refractivity contribution in [2.24, 2.45) is 0 Å². The molecule has 3 rings (SSSR count). The third-order valence-electron chi connectivity index (χ3n) is 3.52. The predicted octanol–water partition coefficient (Wildman–Crippen LogP) is 1.86. The van der Waals surface area contributed by atoms with E-state index in [1.54, 1.807) is 13.8 Å². The van der Waals surface area contributed by atoms with Gasteiger partial charge < -0.3 is 4.52 Å². The third-order valence-corrected chi connectivity index (χ3v) is 5.18. The monoisotopic (exact) mass is 347 g/mol. The van der Waals surface area contributed by atoms with Crippen LogP contribution in [0.4, 0.5) is 0 Å². The first kappa shape index (κ1) is 16.3. The van der Waals surface area contributed by atoms with Crippen molar-refractivity contribution in [2.75, 3.05) is 0 Å². The topological polar surface area (TPSA) is 114 Å². The number of benzene rings is 1. The summed E-state index contributed by atoms with van der Waals surface area (Å²) in [5.74, 6) is 0.604. The standard InChI is InChI=1S/C15H17N5O3S/c1-9-4-6-12(7-5-9)15-17-13(23-20-15)8-16-24(21,22)14-10(2)18-19-11(14)3/h4-7,16H,8H2,1-3H3,(H,18,19). The maximum absolute atomic E-state index is 12.4. The molecule has 0 radical (unpaired) electrons. The highest BCUT2D eigenvalue weighted by atomic mass is 32.2. The van der Waals surface area contributed by atoms with Crippen molar-refractivity contribution in [1.29, 1.82) is 0 Å². The molecule has 0 atom stereocenters. The van der Waals surface area contributed by atoms with E-state index in [0.717, 1.165) is 11.1 Å². The zero-order valence-electron chi connectivity index (χ0n) is 13.5. The Hall–Kier alpha value is -2.52. The van der Waals surface area contributed by atoms with Crippen LogP contribution in [0, 0.1) is 20.8 Å². The molecule has 0 aliphatic carbocycles. The van der Waals surface area contributed by atoms with E-state index in [-0.39, 0.29) is 17.3 Å². The van der Waals surface area contributed by atoms with E-state index in [1.165, 1.54) is 0 Å². The fourth-order valence-corrected chi connectivity index (χ4v) is 3.65. The van der Waals surface area contributed by atoms with Crippen molar-refractivity contribution in [3.8, 4) is 11.4 Å². The lowest BCUT2D eigenvalue weighted by atomic mass is 10.1. The van der Waals surface area contributed by atoms with Crippen LogP contribution in [-0.4, -0.2) is 28.8 Å². The van der Waals surface area contributed by atoms with Crippen LogP contribution in [0.15, 0.2) is 33.7 Å². The van der Waals surface area contributed by atoms with Crippen LogP contribution < -0.4 is 4.72 Å². The zero-order chi connectivity index (χ0) is 17.3. The molecular formula is C15H17N5O3S. The number of aryl methyl sites for hydroxylation is 3. The number of aromatic amines is 1. The van der Waals surface area contributed by atoms with Gasteiger partial charge in [0, 0.05) is 5.56 Å². The molecule has 0 aliphatic rings. The Bertz CT molecular complexity index is 938. The molecule has 9 heteroatoms. The first-order chi connectivity index (χ1) is 11.4. The lowest BCUT2D eigenvalue weighted by Gasteiger charge is -2.04. The van der Waals surface area contributed by atoms with Gasteiger partial charge in [0.15, 0.2) is 0 Å². The smallest absolute Gasteiger partial charge is 0.244 e. The lowest BCUT2D eigenvalue weighted by Crippen LogP contribution is -2.24. The average Bonchev–Trinajstić information content (AvgIpc) is 3.13. The molecule has 3 aromatic rings. The number of nitrogens with one attached hydrogen (secondary N) is 2. The van der Waals surface area contributed by atoms with Gasteiger partial charge in [0.25, 0.3) is 0 Å². The Morgan fingerprint density at radius 1 is 1.17 bits per heavy atom. The summed E-state index contributed by atoms with van der Waals surface area (Å²) in [5, 5.41) is 10.4. The van der Waals surface area contributed by atoms with Gasteiger partial charge in [-0.25, -0.2) is 13.1 Å². The van der Waals surface area contributed by atoms with Crippen molar-refractivity contribution in [1.82, 2.24) is 25.1 Å². The van der Waals surface area contributed by atoms with Gasteiger partial charge in [-0.2, -0.15) is 10.1 Å². The van der Waals surface area contributed by atoms with E-state index in [9.17, 15) is 8.42 Å². The fourth-order valence-electron chi connectivity index (χ4n) is 2.31. The summed E-state index contributed by atoms with van der Waals surface area (Å²) >= 11 is 0. The minimum atomic E-state index is -3.71. The first-order valence-corrected chi connectivity index (χ1v) is 8.76. The van der Waals surface area contributed by atoms with E-state index in [2.05, 4.69) is 25.1 Å². The van der Waals surface area contributed by atoms with Crippen LogP contribution in [0.2, 0.25) is 0 Å². The molecule has 0 aliphatic heterocycles. The van der Waals surface area contributed by atoms with Crippen LogP contribution in [0.3, 0.4) is 0 Å². The molecule has 0 saturated carbocycles. The molecule has 8 nitrogen and oxygen atoms in total. The van der Waals surface area contributed by atoms with Gasteiger partial charge in [-0.1, -0.05) is 35.0 Å². The highest BCUT2D eigenvalue weighted by Crippen LogP contribution is 2.18. The molecule has 2 N–H and O–H groups in total. The van der Waals surface area contributed by atoms with Gasteiger partial charge in [0.2, 0.25) is 21.7 Å². The Balaban J connectivity index is 1.75. The van der Waals surface area contributed by atoms with E-state index < -0.39 is 10.0 Å². The highest BCUT2D eigenvalue weighted by molar-refractivity contribution is 7.89. The van der Waals surface area contributed by atoms with Crippen molar-refractivity contribution in [3.63, 3.8) is 0 Å². The molecular weight excluding hydrogens is 330 g/mol. The quantitative estimate of drug-likeness (QED) is 0.728. The molecule has 2 aromatic heterocycles. The summed E-state index contributed by atoms with van der Waals surface area (Å²) in [6.07, 6.45) is 0. The molecule has 126 valence electrons. The van der Waals surface area contributed by atoms with E-state index >= 15 is 0 Å². The molecule has 0 spiro atoms. The van der Waals surface area contributed by atoms with Crippen LogP contribution in [0.1, 0.15) is 22.8 Å². The highest BCUT2D eigenvalue weighted by Gasteiger charge is 2.23. The predicted molar refractivity (Wildman–Crippen MR) is 86.6 cm³/mol. The largest absolute Gasteiger partial charge is 0.338 e. The molecule has 0 amide bonds. The minimum Gasteiger partial charge on any atom is -0.338 e. The second-order valence-electron chi connectivity index (χ2n) is 5.47. The normalized spacial score (nSPS) is 11.8. The fraction of sp³-hybridized carbons (Fsp3) is 0.267. The van der Waals surface area contributed by atoms with Crippen LogP contribution in [0.25, 0.3) is 11.4 Å². The van der Waals surface area contributed by atoms with Crippen molar-refractivity contribution < 1.29 is 12.9 Å². The molecule has 24 heavy (non-hydrogen) atoms. The summed E-state index contributed by atoms with van der Waals surface area (Å²) in [7, 11) is -3.71. The number of nitrogens with zero attached hydrogens (tertiary/aromatic N) is 3. The number of hydrogen-bond donors (Lipinski definition) is 2. The minimum absolute atomic E-state index is 0.0920. The number of aromatic nitrogens is 4. The number of hydrogen-bond acceptors (Lipinski definition) is 6. The van der Waals surface area contributed by atoms with Crippen LogP contribution in [0.5, 0.6) is 0 Å². The first-order valence-electron chi connectivity index (χ1n) is 7.27. The second kappa shape index (κ2) is 6.17. The average molecular weight is 347 g/mol. The van der Waals surface area contributed by atoms with E-state index in [0.29, 0.717) is 17.2 Å². The van der Waals surface area contributed by atoms with E-state index in [1.807, 2.05) is 31.2 Å². The number of rotatable bonds is 5. The zero-order valence-corrected chi connectivity index (χ0v) is 14.3. The summed E-state index contributed by atoms with van der Waals surface area (Å²) in [6.45, 7) is 5.17. The SMILES string of the molecule is Cc1ccc(-c2noc(CNS(=O)(=O)c3c(C)n[nH]c3C)n2)cc1. The molecule has 2 heterocycles. The Kier molecular flexibility index (Phi) is 4.20. The maximum atomic E-state index is 12.4. The third kappa shape index (κ3) is 3.22. The molecule has 0 fully saturated rings. The molecule has 1 aromatic carbocycles. The molecule has 0 unspecified atom stereocenters. The summed E-state index contributed by atoms with van der Waals surface area (Å²) in [4.78, 5) is 4.35. The van der Waals surface area contributed by atoms with Crippen molar-refractivity contribution in [2.45, 2.75) is 32.2 Å². The van der Waals surface area contributed by atoms with Crippen molar-refractivity contribution >= 4 is 10.0 Å². The van der Waals surface area contributed by atoms with Gasteiger partial charge >= 0.3 is 0 Å². The van der Waals surface area contributed by atoms with Crippen molar-refractivity contribution in [3.05, 3.63) is 47.1 Å². The van der Waals surface area contributed by atoms with Gasteiger partial charge in [-0.3, -0.25) is 5.10 Å². The molecule has 0 bridgehead atoms. The second-order valence-corrected chi connectivity index (χ2v) is 7.17. The Morgan fingerprint density at radius 2 is 1.88 bits per heavy atom. The number of sulfonamides is 1. The maximum Gasteiger partial charge on any atom is 0.244 e. The molecule has 0 saturated heterocycles. The summed E-state index contributed by atoms with van der Waals surface area (Å²) in [6, 6.07) is 7.65. The Morgan fingerprint density at radius 3 is 2.50 bits per heavy atom. The summed E-state index contributed by atoms with van der Waals surface area (Å²) < 4.78 is 32.3. The van der Waals surface area contributed by atoms with Gasteiger partial charge in [-0.15, -0.1) is 0 Å². The van der Waals surface area contributed by atoms with Crippen LogP contribution in [-0.2, 0) is 16.6 Å². The van der Waals surface area contributed by atoms with Gasteiger partial charge in [0.1, 0.15) is 4.90 Å². The number of H-pyrrole nitrogens is 1. The Labute approximate surface area is 139 Å². The van der Waals surface area contributed by atoms with Gasteiger partial charge in [0.05, 0.1) is 17.9 Å².